The van der Waals surface area contributed by atoms with E-state index in [1.807, 2.05) is 7.05 Å². The molecule has 3 N–H and O–H groups in total. The molecule has 0 bridgehead atoms. The Morgan fingerprint density at radius 3 is 2.35 bits per heavy atom. The van der Waals surface area contributed by atoms with Gasteiger partial charge in [0.2, 0.25) is 0 Å². The van der Waals surface area contributed by atoms with Gasteiger partial charge in [-0.3, -0.25) is 0 Å². The van der Waals surface area contributed by atoms with Gasteiger partial charge < -0.3 is 16.0 Å². The first-order valence-electron chi connectivity index (χ1n) is 6.78. The van der Waals surface area contributed by atoms with E-state index in [-0.39, 0.29) is 12.1 Å². The average Bonchev–Trinajstić information content (AvgIpc) is 2.44. The third-order valence-electron chi connectivity index (χ3n) is 3.65. The highest BCUT2D eigenvalue weighted by Gasteiger charge is 2.21. The highest BCUT2D eigenvalue weighted by molar-refractivity contribution is 6.42. The van der Waals surface area contributed by atoms with Crippen LogP contribution in [-0.2, 0) is 0 Å². The van der Waals surface area contributed by atoms with Crippen molar-refractivity contribution in [3.8, 4) is 0 Å². The van der Waals surface area contributed by atoms with E-state index in [1.165, 1.54) is 0 Å². The molecular weight excluding hydrogens is 297 g/mol. The molecule has 4 nitrogen and oxygen atoms in total. The number of urea groups is 1. The molecule has 20 heavy (non-hydrogen) atoms. The zero-order valence-electron chi connectivity index (χ0n) is 11.4. The zero-order valence-corrected chi connectivity index (χ0v) is 12.9. The van der Waals surface area contributed by atoms with Gasteiger partial charge in [-0.05, 0) is 50.9 Å². The summed E-state index contributed by atoms with van der Waals surface area (Å²) >= 11 is 11.7. The fraction of sp³-hybridized carbons (Fsp3) is 0.500. The molecule has 1 aliphatic rings. The summed E-state index contributed by atoms with van der Waals surface area (Å²) < 4.78 is 0. The maximum Gasteiger partial charge on any atom is 0.319 e. The van der Waals surface area contributed by atoms with Gasteiger partial charge in [-0.2, -0.15) is 0 Å². The van der Waals surface area contributed by atoms with Crippen molar-refractivity contribution in [3.05, 3.63) is 28.2 Å². The maximum atomic E-state index is 11.9. The first-order chi connectivity index (χ1) is 9.58. The molecule has 0 unspecified atom stereocenters. The van der Waals surface area contributed by atoms with Gasteiger partial charge in [0.1, 0.15) is 0 Å². The number of rotatable bonds is 3. The second kappa shape index (κ2) is 7.16. The van der Waals surface area contributed by atoms with Crippen molar-refractivity contribution >= 4 is 34.9 Å². The lowest BCUT2D eigenvalue weighted by Crippen LogP contribution is -2.43. The van der Waals surface area contributed by atoms with Crippen LogP contribution >= 0.6 is 23.2 Å². The average molecular weight is 316 g/mol. The Morgan fingerprint density at radius 2 is 1.75 bits per heavy atom. The maximum absolute atomic E-state index is 11.9. The minimum atomic E-state index is -0.198. The molecule has 1 aromatic rings. The summed E-state index contributed by atoms with van der Waals surface area (Å²) in [6, 6.07) is 5.65. The van der Waals surface area contributed by atoms with Crippen LogP contribution in [0.4, 0.5) is 10.5 Å². The summed E-state index contributed by atoms with van der Waals surface area (Å²) in [5.41, 5.74) is 0.640. The topological polar surface area (TPSA) is 53.2 Å². The second-order valence-corrected chi connectivity index (χ2v) is 5.88. The predicted octanol–water partition coefficient (Wildman–Crippen LogP) is 3.65. The van der Waals surface area contributed by atoms with Crippen LogP contribution in [0, 0.1) is 0 Å². The van der Waals surface area contributed by atoms with Crippen molar-refractivity contribution in [2.75, 3.05) is 12.4 Å². The van der Waals surface area contributed by atoms with Crippen LogP contribution in [0.25, 0.3) is 0 Å². The monoisotopic (exact) mass is 315 g/mol. The molecule has 0 aliphatic heterocycles. The number of amides is 2. The molecule has 2 amide bonds. The summed E-state index contributed by atoms with van der Waals surface area (Å²) in [5.74, 6) is 0. The quantitative estimate of drug-likeness (QED) is 0.797. The third kappa shape index (κ3) is 4.27. The molecule has 0 radical (unpaired) electrons. The summed E-state index contributed by atoms with van der Waals surface area (Å²) in [6.45, 7) is 0. The number of hydrogen-bond donors (Lipinski definition) is 3. The van der Waals surface area contributed by atoms with E-state index in [9.17, 15) is 4.79 Å². The Hall–Kier alpha value is -0.970. The normalized spacial score (nSPS) is 22.4. The first kappa shape index (κ1) is 15.4. The smallest absolute Gasteiger partial charge is 0.319 e. The number of hydrogen-bond acceptors (Lipinski definition) is 2. The number of halogens is 2. The van der Waals surface area contributed by atoms with E-state index in [2.05, 4.69) is 16.0 Å². The fourth-order valence-electron chi connectivity index (χ4n) is 2.45. The van der Waals surface area contributed by atoms with Gasteiger partial charge in [0.15, 0.2) is 0 Å². The lowest BCUT2D eigenvalue weighted by atomic mass is 9.91. The minimum Gasteiger partial charge on any atom is -0.335 e. The van der Waals surface area contributed by atoms with E-state index < -0.39 is 0 Å². The Morgan fingerprint density at radius 1 is 1.10 bits per heavy atom. The van der Waals surface area contributed by atoms with Crippen molar-refractivity contribution in [3.63, 3.8) is 0 Å². The van der Waals surface area contributed by atoms with E-state index >= 15 is 0 Å². The molecule has 0 atom stereocenters. The van der Waals surface area contributed by atoms with Gasteiger partial charge in [-0.1, -0.05) is 23.2 Å². The Kier molecular flexibility index (Phi) is 5.52. The van der Waals surface area contributed by atoms with Gasteiger partial charge in [0.25, 0.3) is 0 Å². The van der Waals surface area contributed by atoms with Crippen molar-refractivity contribution in [1.82, 2.24) is 10.6 Å². The number of carbonyl (C=O) groups excluding carboxylic acids is 1. The van der Waals surface area contributed by atoms with E-state index in [4.69, 9.17) is 23.2 Å². The molecule has 0 heterocycles. The van der Waals surface area contributed by atoms with Crippen LogP contribution < -0.4 is 16.0 Å². The molecule has 1 aromatic carbocycles. The lowest BCUT2D eigenvalue weighted by molar-refractivity contribution is 0.241. The van der Waals surface area contributed by atoms with Gasteiger partial charge in [0, 0.05) is 17.8 Å². The Balaban J connectivity index is 1.82. The van der Waals surface area contributed by atoms with Crippen LogP contribution in [0.15, 0.2) is 18.2 Å². The Bertz CT molecular complexity index is 473. The van der Waals surface area contributed by atoms with Gasteiger partial charge >= 0.3 is 6.03 Å². The summed E-state index contributed by atoms with van der Waals surface area (Å²) in [5, 5.41) is 9.94. The van der Waals surface area contributed by atoms with Crippen molar-refractivity contribution in [1.29, 1.82) is 0 Å². The van der Waals surface area contributed by atoms with Crippen molar-refractivity contribution in [2.45, 2.75) is 37.8 Å². The first-order valence-corrected chi connectivity index (χ1v) is 7.54. The van der Waals surface area contributed by atoms with Crippen LogP contribution in [-0.4, -0.2) is 25.2 Å². The van der Waals surface area contributed by atoms with E-state index in [0.717, 1.165) is 25.7 Å². The molecule has 0 saturated heterocycles. The number of carbonyl (C=O) groups is 1. The standard InChI is InChI=1S/C14H19Cl2N3O/c1-17-9-2-4-10(5-3-9)18-14(20)19-11-6-7-12(15)13(16)8-11/h6-10,17H,2-5H2,1H3,(H2,18,19,20). The summed E-state index contributed by atoms with van der Waals surface area (Å²) in [6.07, 6.45) is 4.18. The van der Waals surface area contributed by atoms with Gasteiger partial charge in [0.05, 0.1) is 10.0 Å². The number of nitrogens with one attached hydrogen (secondary N) is 3. The van der Waals surface area contributed by atoms with Crippen LogP contribution in [0.3, 0.4) is 0 Å². The largest absolute Gasteiger partial charge is 0.335 e. The molecule has 1 fully saturated rings. The minimum absolute atomic E-state index is 0.198. The molecule has 2 rings (SSSR count). The van der Waals surface area contributed by atoms with Crippen molar-refractivity contribution in [2.24, 2.45) is 0 Å². The molecule has 110 valence electrons. The fourth-order valence-corrected chi connectivity index (χ4v) is 2.75. The van der Waals surface area contributed by atoms with E-state index in [1.54, 1.807) is 18.2 Å². The van der Waals surface area contributed by atoms with Crippen LogP contribution in [0.5, 0.6) is 0 Å². The Labute approximate surface area is 129 Å². The molecule has 1 aliphatic carbocycles. The highest BCUT2D eigenvalue weighted by Crippen LogP contribution is 2.25. The third-order valence-corrected chi connectivity index (χ3v) is 4.39. The van der Waals surface area contributed by atoms with E-state index in [0.29, 0.717) is 21.8 Å². The van der Waals surface area contributed by atoms with Gasteiger partial charge in [-0.15, -0.1) is 0 Å². The summed E-state index contributed by atoms with van der Waals surface area (Å²) in [4.78, 5) is 11.9. The number of anilines is 1. The molecule has 0 spiro atoms. The highest BCUT2D eigenvalue weighted by atomic mass is 35.5. The molecule has 0 aromatic heterocycles. The predicted molar refractivity (Wildman–Crippen MR) is 83.7 cm³/mol. The lowest BCUT2D eigenvalue weighted by Gasteiger charge is -2.28. The molecule has 6 heteroatoms. The summed E-state index contributed by atoms with van der Waals surface area (Å²) in [7, 11) is 1.98. The van der Waals surface area contributed by atoms with Crippen LogP contribution in [0.2, 0.25) is 10.0 Å². The van der Waals surface area contributed by atoms with Gasteiger partial charge in [-0.25, -0.2) is 4.79 Å². The number of benzene rings is 1. The van der Waals surface area contributed by atoms with Crippen LogP contribution in [0.1, 0.15) is 25.7 Å². The molecular formula is C14H19Cl2N3O. The SMILES string of the molecule is CNC1CCC(NC(=O)Nc2ccc(Cl)c(Cl)c2)CC1. The zero-order chi connectivity index (χ0) is 14.5. The molecule has 1 saturated carbocycles. The van der Waals surface area contributed by atoms with Crippen molar-refractivity contribution < 1.29 is 4.79 Å². The second-order valence-electron chi connectivity index (χ2n) is 5.06.